The molecule has 0 N–H and O–H groups in total. The second-order valence-electron chi connectivity index (χ2n) is 7.31. The van der Waals surface area contributed by atoms with Gasteiger partial charge in [-0.25, -0.2) is 0 Å². The molecule has 1 rings (SSSR count). The highest BCUT2D eigenvalue weighted by Crippen LogP contribution is 2.44. The van der Waals surface area contributed by atoms with Crippen LogP contribution in [-0.4, -0.2) is 34.9 Å². The van der Waals surface area contributed by atoms with E-state index in [0.717, 1.165) is 12.8 Å². The molecule has 0 aromatic rings. The summed E-state index contributed by atoms with van der Waals surface area (Å²) in [4.78, 5) is 0. The van der Waals surface area contributed by atoms with Gasteiger partial charge in [0.05, 0.1) is 6.10 Å². The van der Waals surface area contributed by atoms with Crippen molar-refractivity contribution in [1.82, 2.24) is 0 Å². The average molecular weight is 301 g/mol. The zero-order valence-corrected chi connectivity index (χ0v) is 15.2. The van der Waals surface area contributed by atoms with Crippen LogP contribution >= 0.6 is 0 Å². The van der Waals surface area contributed by atoms with Gasteiger partial charge in [0, 0.05) is 26.1 Å². The molecule has 1 saturated carbocycles. The van der Waals surface area contributed by atoms with Gasteiger partial charge in [0.2, 0.25) is 0 Å². The molecule has 0 spiro atoms. The second kappa shape index (κ2) is 6.73. The summed E-state index contributed by atoms with van der Waals surface area (Å²) in [5.41, 5.74) is 0. The standard InChI is InChI=1S/C16H32O3Si/c1-9-12-13(15(17-5)18-6)10-11-14(12)19-20(7,8)16(2,3)4/h9,12-15H,1,10-11H2,2-8H3. The third kappa shape index (κ3) is 3.73. The molecule has 0 aromatic heterocycles. The first-order valence-corrected chi connectivity index (χ1v) is 10.4. The SMILES string of the molecule is C=CC1C(O[Si](C)(C)C(C)(C)C)CCC1C(OC)OC. The lowest BCUT2D eigenvalue weighted by atomic mass is 9.94. The van der Waals surface area contributed by atoms with Gasteiger partial charge in [-0.3, -0.25) is 0 Å². The maximum atomic E-state index is 6.59. The summed E-state index contributed by atoms with van der Waals surface area (Å²) in [6.07, 6.45) is 4.26. The summed E-state index contributed by atoms with van der Waals surface area (Å²) < 4.78 is 17.5. The normalized spacial score (nSPS) is 28.1. The highest BCUT2D eigenvalue weighted by molar-refractivity contribution is 6.74. The summed E-state index contributed by atoms with van der Waals surface area (Å²) in [5, 5.41) is 0.235. The average Bonchev–Trinajstić information content (AvgIpc) is 2.71. The Morgan fingerprint density at radius 2 is 1.70 bits per heavy atom. The van der Waals surface area contributed by atoms with E-state index in [1.54, 1.807) is 14.2 Å². The predicted molar refractivity (Wildman–Crippen MR) is 86.3 cm³/mol. The van der Waals surface area contributed by atoms with Crippen LogP contribution in [0.2, 0.25) is 18.1 Å². The molecule has 3 atom stereocenters. The quantitative estimate of drug-likeness (QED) is 0.418. The molecule has 0 saturated heterocycles. The second-order valence-corrected chi connectivity index (χ2v) is 12.1. The topological polar surface area (TPSA) is 27.7 Å². The lowest BCUT2D eigenvalue weighted by Crippen LogP contribution is -2.45. The fraction of sp³-hybridized carbons (Fsp3) is 0.875. The molecule has 20 heavy (non-hydrogen) atoms. The summed E-state index contributed by atoms with van der Waals surface area (Å²) in [6.45, 7) is 15.5. The summed E-state index contributed by atoms with van der Waals surface area (Å²) in [6, 6.07) is 0. The Morgan fingerprint density at radius 3 is 2.10 bits per heavy atom. The number of rotatable bonds is 6. The third-order valence-electron chi connectivity index (χ3n) is 5.05. The largest absolute Gasteiger partial charge is 0.413 e. The van der Waals surface area contributed by atoms with Crippen molar-refractivity contribution < 1.29 is 13.9 Å². The molecule has 3 nitrogen and oxygen atoms in total. The van der Waals surface area contributed by atoms with Gasteiger partial charge in [0.25, 0.3) is 0 Å². The lowest BCUT2D eigenvalue weighted by molar-refractivity contribution is -0.143. The molecule has 0 radical (unpaired) electrons. The van der Waals surface area contributed by atoms with Gasteiger partial charge in [-0.15, -0.1) is 6.58 Å². The van der Waals surface area contributed by atoms with E-state index in [0.29, 0.717) is 11.8 Å². The molecular formula is C16H32O3Si. The molecule has 3 unspecified atom stereocenters. The van der Waals surface area contributed by atoms with Crippen molar-refractivity contribution in [2.45, 2.75) is 64.1 Å². The highest BCUT2D eigenvalue weighted by Gasteiger charge is 2.45. The van der Waals surface area contributed by atoms with Crippen LogP contribution in [0.4, 0.5) is 0 Å². The summed E-state index contributed by atoms with van der Waals surface area (Å²) in [5.74, 6) is 0.659. The first kappa shape index (κ1) is 17.9. The molecule has 0 aliphatic heterocycles. The van der Waals surface area contributed by atoms with Gasteiger partial charge in [0.15, 0.2) is 14.6 Å². The number of ether oxygens (including phenoxy) is 2. The van der Waals surface area contributed by atoms with E-state index in [4.69, 9.17) is 13.9 Å². The van der Waals surface area contributed by atoms with Crippen LogP contribution in [-0.2, 0) is 13.9 Å². The Labute approximate surface area is 125 Å². The molecular weight excluding hydrogens is 268 g/mol. The van der Waals surface area contributed by atoms with Crippen molar-refractivity contribution in [3.63, 3.8) is 0 Å². The van der Waals surface area contributed by atoms with E-state index in [-0.39, 0.29) is 17.4 Å². The molecule has 4 heteroatoms. The minimum Gasteiger partial charge on any atom is -0.413 e. The Hall–Kier alpha value is -0.163. The van der Waals surface area contributed by atoms with Crippen molar-refractivity contribution in [1.29, 1.82) is 0 Å². The van der Waals surface area contributed by atoms with E-state index < -0.39 is 8.32 Å². The number of methoxy groups -OCH3 is 2. The minimum absolute atomic E-state index is 0.161. The maximum absolute atomic E-state index is 6.59. The van der Waals surface area contributed by atoms with Crippen molar-refractivity contribution >= 4 is 8.32 Å². The molecule has 1 aliphatic carbocycles. The van der Waals surface area contributed by atoms with Crippen molar-refractivity contribution in [2.75, 3.05) is 14.2 Å². The van der Waals surface area contributed by atoms with Crippen LogP contribution in [0.15, 0.2) is 12.7 Å². The molecule has 0 aromatic carbocycles. The van der Waals surface area contributed by atoms with Gasteiger partial charge in [-0.2, -0.15) is 0 Å². The smallest absolute Gasteiger partial charge is 0.192 e. The molecule has 0 bridgehead atoms. The monoisotopic (exact) mass is 300 g/mol. The van der Waals surface area contributed by atoms with Crippen LogP contribution in [0.5, 0.6) is 0 Å². The van der Waals surface area contributed by atoms with E-state index in [1.165, 1.54) is 0 Å². The van der Waals surface area contributed by atoms with Gasteiger partial charge >= 0.3 is 0 Å². The van der Waals surface area contributed by atoms with Crippen molar-refractivity contribution in [3.8, 4) is 0 Å². The Morgan fingerprint density at radius 1 is 1.15 bits per heavy atom. The van der Waals surface area contributed by atoms with Crippen LogP contribution < -0.4 is 0 Å². The van der Waals surface area contributed by atoms with Gasteiger partial charge < -0.3 is 13.9 Å². The first-order chi connectivity index (χ1) is 9.17. The fourth-order valence-electron chi connectivity index (χ4n) is 2.80. The Kier molecular flexibility index (Phi) is 6.02. The Balaban J connectivity index is 2.81. The van der Waals surface area contributed by atoms with Crippen LogP contribution in [0.25, 0.3) is 0 Å². The predicted octanol–water partition coefficient (Wildman–Crippen LogP) is 4.21. The van der Waals surface area contributed by atoms with Gasteiger partial charge in [-0.05, 0) is 31.0 Å². The minimum atomic E-state index is -1.74. The van der Waals surface area contributed by atoms with Crippen molar-refractivity contribution in [3.05, 3.63) is 12.7 Å². The molecule has 1 aliphatic rings. The van der Waals surface area contributed by atoms with E-state index >= 15 is 0 Å². The molecule has 0 amide bonds. The summed E-state index contributed by atoms with van der Waals surface area (Å²) in [7, 11) is 1.67. The fourth-order valence-corrected chi connectivity index (χ4v) is 4.19. The maximum Gasteiger partial charge on any atom is 0.192 e. The van der Waals surface area contributed by atoms with Gasteiger partial charge in [-0.1, -0.05) is 26.8 Å². The van der Waals surface area contributed by atoms with Crippen LogP contribution in [0.1, 0.15) is 33.6 Å². The van der Waals surface area contributed by atoms with Crippen molar-refractivity contribution in [2.24, 2.45) is 11.8 Å². The summed E-state index contributed by atoms with van der Waals surface area (Å²) >= 11 is 0. The molecule has 118 valence electrons. The molecule has 0 heterocycles. The zero-order valence-electron chi connectivity index (χ0n) is 14.2. The first-order valence-electron chi connectivity index (χ1n) is 7.54. The molecule has 1 fully saturated rings. The number of hydrogen-bond acceptors (Lipinski definition) is 3. The Bertz CT molecular complexity index is 318. The van der Waals surface area contributed by atoms with E-state index in [9.17, 15) is 0 Å². The third-order valence-corrected chi connectivity index (χ3v) is 9.55. The highest BCUT2D eigenvalue weighted by atomic mass is 28.4. The lowest BCUT2D eigenvalue weighted by Gasteiger charge is -2.40. The zero-order chi connectivity index (χ0) is 15.6. The van der Waals surface area contributed by atoms with E-state index in [2.05, 4.69) is 40.4 Å². The van der Waals surface area contributed by atoms with E-state index in [1.807, 2.05) is 6.08 Å². The van der Waals surface area contributed by atoms with Gasteiger partial charge in [0.1, 0.15) is 0 Å². The van der Waals surface area contributed by atoms with Crippen LogP contribution in [0, 0.1) is 11.8 Å². The van der Waals surface area contributed by atoms with Crippen LogP contribution in [0.3, 0.4) is 0 Å². The number of hydrogen-bond donors (Lipinski definition) is 0.